The summed E-state index contributed by atoms with van der Waals surface area (Å²) < 4.78 is 8.40. The topological polar surface area (TPSA) is 83.7 Å². The lowest BCUT2D eigenvalue weighted by atomic mass is 10.1. The van der Waals surface area contributed by atoms with Gasteiger partial charge < -0.3 is 19.1 Å². The molecule has 0 radical (unpaired) electrons. The minimum atomic E-state index is 0.482. The van der Waals surface area contributed by atoms with Crippen molar-refractivity contribution in [1.29, 1.82) is 0 Å². The molecule has 2 aliphatic heterocycles. The molecule has 4 aromatic rings. The summed E-state index contributed by atoms with van der Waals surface area (Å²) in [6, 6.07) is 14.6. The van der Waals surface area contributed by atoms with Gasteiger partial charge in [0.1, 0.15) is 12.4 Å². The van der Waals surface area contributed by atoms with Gasteiger partial charge in [-0.25, -0.2) is 5.43 Å². The van der Waals surface area contributed by atoms with Gasteiger partial charge in [0.15, 0.2) is 0 Å². The van der Waals surface area contributed by atoms with Crippen LogP contribution in [-0.2, 0) is 6.54 Å². The third kappa shape index (κ3) is 5.53. The van der Waals surface area contributed by atoms with Crippen molar-refractivity contribution in [2.45, 2.75) is 46.1 Å². The minimum Gasteiger partial charge on any atom is -0.491 e. The van der Waals surface area contributed by atoms with Crippen molar-refractivity contribution in [3.8, 4) is 5.75 Å². The lowest BCUT2D eigenvalue weighted by Crippen LogP contribution is -2.25. The molecule has 0 atom stereocenters. The Balaban J connectivity index is 1.19. The molecule has 0 amide bonds. The van der Waals surface area contributed by atoms with Crippen LogP contribution in [0.25, 0.3) is 10.9 Å². The van der Waals surface area contributed by atoms with Gasteiger partial charge in [-0.1, -0.05) is 36.4 Å². The Morgan fingerprint density at radius 2 is 1.49 bits per heavy atom. The van der Waals surface area contributed by atoms with Crippen LogP contribution >= 0.6 is 0 Å². The summed E-state index contributed by atoms with van der Waals surface area (Å²) >= 11 is 0. The Labute approximate surface area is 229 Å². The molecule has 0 bridgehead atoms. The van der Waals surface area contributed by atoms with E-state index in [0.717, 1.165) is 78.0 Å². The molecule has 202 valence electrons. The number of fused-ring (bicyclic) bond motifs is 1. The van der Waals surface area contributed by atoms with Gasteiger partial charge in [-0.2, -0.15) is 20.1 Å². The molecule has 2 saturated heterocycles. The van der Waals surface area contributed by atoms with E-state index in [1.165, 1.54) is 25.7 Å². The molecule has 9 heteroatoms. The number of anilines is 3. The molecule has 6 rings (SSSR count). The second-order valence-electron chi connectivity index (χ2n) is 10.4. The summed E-state index contributed by atoms with van der Waals surface area (Å²) in [7, 11) is 0. The summed E-state index contributed by atoms with van der Waals surface area (Å²) in [6.07, 6.45) is 8.66. The van der Waals surface area contributed by atoms with E-state index in [9.17, 15) is 0 Å². The van der Waals surface area contributed by atoms with Crippen LogP contribution < -0.4 is 20.0 Å². The summed E-state index contributed by atoms with van der Waals surface area (Å²) in [6.45, 7) is 9.44. The summed E-state index contributed by atoms with van der Waals surface area (Å²) in [4.78, 5) is 18.7. The molecule has 1 N–H and O–H groups in total. The van der Waals surface area contributed by atoms with Crippen molar-refractivity contribution in [2.24, 2.45) is 5.10 Å². The molecule has 2 aromatic heterocycles. The van der Waals surface area contributed by atoms with Gasteiger partial charge in [0.2, 0.25) is 17.8 Å². The first kappa shape index (κ1) is 25.2. The van der Waals surface area contributed by atoms with Crippen molar-refractivity contribution < 1.29 is 4.74 Å². The Morgan fingerprint density at radius 3 is 2.15 bits per heavy atom. The van der Waals surface area contributed by atoms with Gasteiger partial charge in [0.05, 0.1) is 12.8 Å². The second kappa shape index (κ2) is 11.3. The van der Waals surface area contributed by atoms with Crippen LogP contribution in [0.2, 0.25) is 0 Å². The number of aromatic nitrogens is 4. The zero-order chi connectivity index (χ0) is 26.6. The van der Waals surface area contributed by atoms with Crippen molar-refractivity contribution in [2.75, 3.05) is 48.0 Å². The van der Waals surface area contributed by atoms with Crippen LogP contribution in [0.5, 0.6) is 5.75 Å². The zero-order valence-corrected chi connectivity index (χ0v) is 22.8. The molecule has 0 spiro atoms. The van der Waals surface area contributed by atoms with Gasteiger partial charge in [0.25, 0.3) is 0 Å². The summed E-state index contributed by atoms with van der Waals surface area (Å²) in [5, 5.41) is 5.69. The van der Waals surface area contributed by atoms with E-state index >= 15 is 0 Å². The molecule has 39 heavy (non-hydrogen) atoms. The zero-order valence-electron chi connectivity index (χ0n) is 22.8. The van der Waals surface area contributed by atoms with Crippen molar-refractivity contribution >= 4 is 35.0 Å². The molecule has 2 aliphatic rings. The van der Waals surface area contributed by atoms with Gasteiger partial charge in [0, 0.05) is 48.8 Å². The summed E-state index contributed by atoms with van der Waals surface area (Å²) in [5.41, 5.74) is 7.58. The molecule has 0 unspecified atom stereocenters. The predicted octanol–water partition coefficient (Wildman–Crippen LogP) is 5.17. The number of nitrogens with zero attached hydrogens (tertiary/aromatic N) is 7. The first-order chi connectivity index (χ1) is 19.2. The quantitative estimate of drug-likeness (QED) is 0.239. The van der Waals surface area contributed by atoms with E-state index < -0.39 is 0 Å². The number of para-hydroxylation sites is 2. The fraction of sp³-hybridized carbons (Fsp3) is 0.400. The average molecular weight is 525 g/mol. The monoisotopic (exact) mass is 524 g/mol. The lowest BCUT2D eigenvalue weighted by Gasteiger charge is -2.20. The fourth-order valence-electron chi connectivity index (χ4n) is 5.52. The molecule has 9 nitrogen and oxygen atoms in total. The van der Waals surface area contributed by atoms with Crippen LogP contribution in [0.3, 0.4) is 0 Å². The number of rotatable bonds is 9. The Morgan fingerprint density at radius 1 is 0.846 bits per heavy atom. The van der Waals surface area contributed by atoms with Crippen LogP contribution in [0.4, 0.5) is 17.8 Å². The maximum Gasteiger partial charge on any atom is 0.250 e. The predicted molar refractivity (Wildman–Crippen MR) is 157 cm³/mol. The van der Waals surface area contributed by atoms with Crippen LogP contribution in [-0.4, -0.2) is 58.5 Å². The number of hydrogen-bond acceptors (Lipinski definition) is 8. The number of hydrazone groups is 1. The number of benzene rings is 2. The van der Waals surface area contributed by atoms with Gasteiger partial charge in [-0.15, -0.1) is 0 Å². The lowest BCUT2D eigenvalue weighted by molar-refractivity contribution is 0.296. The van der Waals surface area contributed by atoms with Crippen LogP contribution in [0.1, 0.15) is 42.4 Å². The normalized spacial score (nSPS) is 15.6. The maximum atomic E-state index is 6.18. The minimum absolute atomic E-state index is 0.482. The van der Waals surface area contributed by atoms with E-state index in [4.69, 9.17) is 19.7 Å². The number of nitrogens with one attached hydrogen (secondary N) is 1. The average Bonchev–Trinajstić information content (AvgIpc) is 3.73. The number of aryl methyl sites for hydroxylation is 2. The van der Waals surface area contributed by atoms with Crippen molar-refractivity contribution in [3.05, 3.63) is 65.4 Å². The fourth-order valence-corrected chi connectivity index (χ4v) is 5.52. The number of hydrogen-bond donors (Lipinski definition) is 1. The summed E-state index contributed by atoms with van der Waals surface area (Å²) in [5.74, 6) is 2.93. The van der Waals surface area contributed by atoms with Gasteiger partial charge >= 0.3 is 0 Å². The molecule has 4 heterocycles. The Bertz CT molecular complexity index is 1410. The SMILES string of the molecule is Cc1cccc(C)c1OCCn1cc(/C=N\Nc2nc(N3CCCC3)nc(N3CCCC3)n2)c2ccccc21. The third-order valence-electron chi connectivity index (χ3n) is 7.56. The van der Waals surface area contributed by atoms with Gasteiger partial charge in [-0.05, 0) is 56.7 Å². The van der Waals surface area contributed by atoms with Gasteiger partial charge in [-0.3, -0.25) is 0 Å². The maximum absolute atomic E-state index is 6.18. The van der Waals surface area contributed by atoms with E-state index in [1.54, 1.807) is 0 Å². The van der Waals surface area contributed by atoms with E-state index in [2.05, 4.69) is 87.4 Å². The largest absolute Gasteiger partial charge is 0.491 e. The Kier molecular flexibility index (Phi) is 7.29. The molecule has 2 fully saturated rings. The molecule has 0 saturated carbocycles. The van der Waals surface area contributed by atoms with E-state index in [0.29, 0.717) is 12.6 Å². The molecule has 2 aromatic carbocycles. The Hall–Kier alpha value is -4.14. The van der Waals surface area contributed by atoms with Crippen molar-refractivity contribution in [3.63, 3.8) is 0 Å². The number of ether oxygens (including phenoxy) is 1. The smallest absolute Gasteiger partial charge is 0.250 e. The highest BCUT2D eigenvalue weighted by Crippen LogP contribution is 2.25. The van der Waals surface area contributed by atoms with Crippen LogP contribution in [0, 0.1) is 13.8 Å². The standard InChI is InChI=1S/C30H36N8O/c1-22-10-9-11-23(2)27(22)39-19-18-38-21-24(25-12-3-4-13-26(25)38)20-31-35-28-32-29(36-14-5-6-15-36)34-30(33-28)37-16-7-8-17-37/h3-4,9-13,20-21H,5-8,14-19H2,1-2H3,(H,32,33,34,35)/b31-20-. The molecule has 0 aliphatic carbocycles. The van der Waals surface area contributed by atoms with Crippen molar-refractivity contribution in [1.82, 2.24) is 19.5 Å². The molecular formula is C30H36N8O. The highest BCUT2D eigenvalue weighted by molar-refractivity contribution is 5.99. The third-order valence-corrected chi connectivity index (χ3v) is 7.56. The highest BCUT2D eigenvalue weighted by atomic mass is 16.5. The van der Waals surface area contributed by atoms with E-state index in [1.807, 2.05) is 6.21 Å². The van der Waals surface area contributed by atoms with E-state index in [-0.39, 0.29) is 0 Å². The van der Waals surface area contributed by atoms with Crippen LogP contribution in [0.15, 0.2) is 53.8 Å². The first-order valence-corrected chi connectivity index (χ1v) is 14.0. The first-order valence-electron chi connectivity index (χ1n) is 14.0. The highest BCUT2D eigenvalue weighted by Gasteiger charge is 2.21. The second-order valence-corrected chi connectivity index (χ2v) is 10.4. The molecular weight excluding hydrogens is 488 g/mol.